The highest BCUT2D eigenvalue weighted by molar-refractivity contribution is 7.99. The number of phenols is 1. The fraction of sp³-hybridized carbons (Fsp3) is 0.323. The number of thioether (sulfide) groups is 1. The molecule has 0 aliphatic heterocycles. The van der Waals surface area contributed by atoms with Gasteiger partial charge in [0.1, 0.15) is 5.75 Å². The minimum atomic E-state index is -0.245. The minimum absolute atomic E-state index is 0.164. The van der Waals surface area contributed by atoms with Crippen LogP contribution in [0.15, 0.2) is 70.9 Å². The molecule has 4 rings (SSSR count). The lowest BCUT2D eigenvalue weighted by Gasteiger charge is -2.27. The van der Waals surface area contributed by atoms with Crippen molar-refractivity contribution in [2.45, 2.75) is 64.1 Å². The lowest BCUT2D eigenvalue weighted by molar-refractivity contribution is -0.118. The first kappa shape index (κ1) is 28.7. The van der Waals surface area contributed by atoms with Crippen LogP contribution in [0.2, 0.25) is 5.02 Å². The van der Waals surface area contributed by atoms with Crippen LogP contribution in [0.1, 0.15) is 63.8 Å². The van der Waals surface area contributed by atoms with Gasteiger partial charge >= 0.3 is 0 Å². The predicted octanol–water partition coefficient (Wildman–Crippen LogP) is 7.28. The van der Waals surface area contributed by atoms with Gasteiger partial charge in [-0.2, -0.15) is 5.10 Å². The SMILES string of the molecule is CC(C)(C)c1cc(C=NNC(=O)CSc2nc3ccccc3n2Cc2ccc(Cl)cc2)cc(C(C)(C)C)c1O. The third-order valence-electron chi connectivity index (χ3n) is 6.36. The van der Waals surface area contributed by atoms with E-state index in [2.05, 4.69) is 56.6 Å². The first-order chi connectivity index (χ1) is 18.3. The summed E-state index contributed by atoms with van der Waals surface area (Å²) in [5.41, 5.74) is 7.64. The Bertz CT molecular complexity index is 1480. The average Bonchev–Trinajstić information content (AvgIpc) is 3.20. The lowest BCUT2D eigenvalue weighted by atomic mass is 9.78. The van der Waals surface area contributed by atoms with Crippen LogP contribution >= 0.6 is 23.4 Å². The van der Waals surface area contributed by atoms with Gasteiger partial charge in [-0.3, -0.25) is 4.79 Å². The molecule has 4 aromatic rings. The molecule has 0 fully saturated rings. The van der Waals surface area contributed by atoms with Gasteiger partial charge in [-0.1, -0.05) is 89.2 Å². The van der Waals surface area contributed by atoms with E-state index in [9.17, 15) is 9.90 Å². The molecule has 0 bridgehead atoms. The minimum Gasteiger partial charge on any atom is -0.507 e. The summed E-state index contributed by atoms with van der Waals surface area (Å²) in [6, 6.07) is 19.5. The number of halogens is 1. The summed E-state index contributed by atoms with van der Waals surface area (Å²) < 4.78 is 2.11. The molecule has 39 heavy (non-hydrogen) atoms. The highest BCUT2D eigenvalue weighted by atomic mass is 35.5. The summed E-state index contributed by atoms with van der Waals surface area (Å²) in [5, 5.41) is 16.6. The van der Waals surface area contributed by atoms with E-state index in [1.54, 1.807) is 6.21 Å². The second-order valence-corrected chi connectivity index (χ2v) is 13.0. The molecular weight excluding hydrogens is 528 g/mol. The van der Waals surface area contributed by atoms with Crippen molar-refractivity contribution < 1.29 is 9.90 Å². The molecule has 0 unspecified atom stereocenters. The van der Waals surface area contributed by atoms with Crippen LogP contribution < -0.4 is 5.43 Å². The van der Waals surface area contributed by atoms with E-state index in [-0.39, 0.29) is 22.5 Å². The largest absolute Gasteiger partial charge is 0.507 e. The molecule has 0 radical (unpaired) electrons. The molecular formula is C31H35ClN4O2S. The molecule has 0 spiro atoms. The topological polar surface area (TPSA) is 79.5 Å². The molecule has 1 heterocycles. The van der Waals surface area contributed by atoms with Crippen LogP contribution in [-0.4, -0.2) is 32.5 Å². The van der Waals surface area contributed by atoms with Gasteiger partial charge < -0.3 is 9.67 Å². The van der Waals surface area contributed by atoms with Crippen molar-refractivity contribution in [3.05, 3.63) is 87.9 Å². The number of aromatic hydroxyl groups is 1. The number of rotatable bonds is 7. The number of phenolic OH excluding ortho intramolecular Hbond substituents is 1. The summed E-state index contributed by atoms with van der Waals surface area (Å²) in [4.78, 5) is 17.5. The van der Waals surface area contributed by atoms with E-state index in [1.165, 1.54) is 11.8 Å². The van der Waals surface area contributed by atoms with Crippen molar-refractivity contribution in [2.24, 2.45) is 5.10 Å². The number of nitrogens with zero attached hydrogens (tertiary/aromatic N) is 3. The molecule has 0 aliphatic carbocycles. The zero-order chi connectivity index (χ0) is 28.4. The van der Waals surface area contributed by atoms with Crippen LogP contribution in [0.25, 0.3) is 11.0 Å². The smallest absolute Gasteiger partial charge is 0.250 e. The third kappa shape index (κ3) is 7.02. The molecule has 0 atom stereocenters. The van der Waals surface area contributed by atoms with Gasteiger partial charge in [-0.05, 0) is 58.4 Å². The number of benzene rings is 3. The molecule has 2 N–H and O–H groups in total. The van der Waals surface area contributed by atoms with Crippen LogP contribution in [0, 0.1) is 0 Å². The average molecular weight is 563 g/mol. The number of carbonyl (C=O) groups excluding carboxylic acids is 1. The number of amides is 1. The fourth-order valence-corrected chi connectivity index (χ4v) is 5.24. The summed E-state index contributed by atoms with van der Waals surface area (Å²) in [6.45, 7) is 13.0. The third-order valence-corrected chi connectivity index (χ3v) is 7.59. The van der Waals surface area contributed by atoms with Crippen LogP contribution in [-0.2, 0) is 22.2 Å². The Morgan fingerprint density at radius 1 is 1.03 bits per heavy atom. The van der Waals surface area contributed by atoms with Crippen molar-refractivity contribution in [3.63, 3.8) is 0 Å². The lowest BCUT2D eigenvalue weighted by Crippen LogP contribution is -2.20. The van der Waals surface area contributed by atoms with Gasteiger partial charge in [-0.15, -0.1) is 0 Å². The fourth-order valence-electron chi connectivity index (χ4n) is 4.30. The highest BCUT2D eigenvalue weighted by Crippen LogP contribution is 2.39. The number of imidazole rings is 1. The summed E-state index contributed by atoms with van der Waals surface area (Å²) in [6.07, 6.45) is 1.63. The maximum atomic E-state index is 12.7. The monoisotopic (exact) mass is 562 g/mol. The van der Waals surface area contributed by atoms with Crippen LogP contribution in [0.3, 0.4) is 0 Å². The van der Waals surface area contributed by atoms with E-state index in [0.29, 0.717) is 17.3 Å². The normalized spacial score (nSPS) is 12.4. The molecule has 0 saturated heterocycles. The van der Waals surface area contributed by atoms with E-state index >= 15 is 0 Å². The van der Waals surface area contributed by atoms with Gasteiger partial charge in [0.05, 0.1) is 29.5 Å². The van der Waals surface area contributed by atoms with E-state index < -0.39 is 0 Å². The van der Waals surface area contributed by atoms with Crippen molar-refractivity contribution in [2.75, 3.05) is 5.75 Å². The van der Waals surface area contributed by atoms with E-state index in [1.807, 2.05) is 60.7 Å². The van der Waals surface area contributed by atoms with Crippen molar-refractivity contribution >= 4 is 46.5 Å². The summed E-state index contributed by atoms with van der Waals surface area (Å²) in [7, 11) is 0. The van der Waals surface area contributed by atoms with Crippen molar-refractivity contribution in [1.29, 1.82) is 0 Å². The number of para-hydroxylation sites is 2. The van der Waals surface area contributed by atoms with Gasteiger partial charge in [0.15, 0.2) is 5.16 Å². The van der Waals surface area contributed by atoms with Crippen molar-refractivity contribution in [3.8, 4) is 5.75 Å². The number of hydrazone groups is 1. The molecule has 1 amide bonds. The summed E-state index contributed by atoms with van der Waals surface area (Å²) >= 11 is 7.43. The maximum Gasteiger partial charge on any atom is 0.250 e. The Balaban J connectivity index is 1.48. The number of aromatic nitrogens is 2. The Morgan fingerprint density at radius 3 is 2.26 bits per heavy atom. The van der Waals surface area contributed by atoms with Crippen LogP contribution in [0.5, 0.6) is 5.75 Å². The first-order valence-corrected chi connectivity index (χ1v) is 14.2. The number of hydrogen-bond donors (Lipinski definition) is 2. The maximum absolute atomic E-state index is 12.7. The Morgan fingerprint density at radius 2 is 1.64 bits per heavy atom. The molecule has 204 valence electrons. The first-order valence-electron chi connectivity index (χ1n) is 12.9. The van der Waals surface area contributed by atoms with E-state index in [4.69, 9.17) is 16.6 Å². The number of carbonyl (C=O) groups is 1. The molecule has 1 aromatic heterocycles. The Kier molecular flexibility index (Phi) is 8.42. The molecule has 0 aliphatic rings. The predicted molar refractivity (Wildman–Crippen MR) is 162 cm³/mol. The van der Waals surface area contributed by atoms with Gasteiger partial charge in [0.25, 0.3) is 5.91 Å². The molecule has 0 saturated carbocycles. The number of nitrogens with one attached hydrogen (secondary N) is 1. The van der Waals surface area contributed by atoms with Crippen molar-refractivity contribution in [1.82, 2.24) is 15.0 Å². The van der Waals surface area contributed by atoms with E-state index in [0.717, 1.165) is 38.4 Å². The quantitative estimate of drug-likeness (QED) is 0.141. The van der Waals surface area contributed by atoms with Gasteiger partial charge in [-0.25, -0.2) is 10.4 Å². The summed E-state index contributed by atoms with van der Waals surface area (Å²) in [5.74, 6) is 0.249. The Hall–Kier alpha value is -3.29. The zero-order valence-electron chi connectivity index (χ0n) is 23.2. The second kappa shape index (κ2) is 11.4. The zero-order valence-corrected chi connectivity index (χ0v) is 24.8. The number of fused-ring (bicyclic) bond motifs is 1. The molecule has 3 aromatic carbocycles. The molecule has 8 heteroatoms. The standard InChI is InChI=1S/C31H35ClN4O2S/c1-30(2,3)23-15-21(16-24(28(23)38)31(4,5)6)17-33-35-27(37)19-39-29-34-25-9-7-8-10-26(25)36(29)18-20-11-13-22(32)14-12-20/h7-17,38H,18-19H2,1-6H3,(H,35,37). The highest BCUT2D eigenvalue weighted by Gasteiger charge is 2.26. The molecule has 6 nitrogen and oxygen atoms in total. The number of hydrogen-bond acceptors (Lipinski definition) is 5. The second-order valence-electron chi connectivity index (χ2n) is 11.6. The van der Waals surface area contributed by atoms with Crippen LogP contribution in [0.4, 0.5) is 0 Å². The van der Waals surface area contributed by atoms with Gasteiger partial charge in [0.2, 0.25) is 0 Å². The van der Waals surface area contributed by atoms with Gasteiger partial charge in [0, 0.05) is 16.1 Å². The Labute approximate surface area is 239 Å².